The fraction of sp³-hybridized carbons (Fsp3) is 0.200. The molecule has 31 heavy (non-hydrogen) atoms. The van der Waals surface area contributed by atoms with Gasteiger partial charge in [-0.05, 0) is 61.4 Å². The predicted molar refractivity (Wildman–Crippen MR) is 120 cm³/mol. The summed E-state index contributed by atoms with van der Waals surface area (Å²) >= 11 is 0. The molecular formula is C25H23N3O3. The molecule has 3 aromatic heterocycles. The minimum atomic E-state index is -0.0152. The predicted octanol–water partition coefficient (Wildman–Crippen LogP) is 5.07. The van der Waals surface area contributed by atoms with Crippen LogP contribution in [0, 0.1) is 6.92 Å². The maximum atomic E-state index is 13.3. The Balaban J connectivity index is 1.39. The number of furan rings is 1. The van der Waals surface area contributed by atoms with Gasteiger partial charge in [0.1, 0.15) is 22.9 Å². The van der Waals surface area contributed by atoms with Gasteiger partial charge in [0.25, 0.3) is 5.91 Å². The summed E-state index contributed by atoms with van der Waals surface area (Å²) in [7, 11) is 1.63. The van der Waals surface area contributed by atoms with Crippen LogP contribution in [-0.4, -0.2) is 41.0 Å². The van der Waals surface area contributed by atoms with Gasteiger partial charge in [-0.15, -0.1) is 0 Å². The van der Waals surface area contributed by atoms with Gasteiger partial charge in [-0.3, -0.25) is 4.79 Å². The van der Waals surface area contributed by atoms with Gasteiger partial charge < -0.3 is 19.0 Å². The number of amides is 1. The van der Waals surface area contributed by atoms with Crippen LogP contribution in [0.5, 0.6) is 5.75 Å². The number of rotatable bonds is 4. The number of benzene rings is 1. The molecule has 6 heteroatoms. The SMILES string of the molecule is COc1ccc(-c2oc(C)cc2C(=O)N2CC=C(c3c[nH]c4ncccc34)CC2)cc1. The Morgan fingerprint density at radius 2 is 2.06 bits per heavy atom. The fourth-order valence-corrected chi connectivity index (χ4v) is 4.12. The molecule has 0 radical (unpaired) electrons. The molecule has 0 atom stereocenters. The van der Waals surface area contributed by atoms with Crippen LogP contribution in [0.2, 0.25) is 0 Å². The second-order valence-corrected chi connectivity index (χ2v) is 7.66. The van der Waals surface area contributed by atoms with Crippen LogP contribution >= 0.6 is 0 Å². The van der Waals surface area contributed by atoms with Gasteiger partial charge >= 0.3 is 0 Å². The van der Waals surface area contributed by atoms with E-state index in [9.17, 15) is 4.79 Å². The smallest absolute Gasteiger partial charge is 0.258 e. The first-order valence-electron chi connectivity index (χ1n) is 10.3. The van der Waals surface area contributed by atoms with Crippen LogP contribution in [0.25, 0.3) is 27.9 Å². The number of ether oxygens (including phenoxy) is 1. The van der Waals surface area contributed by atoms with Crippen LogP contribution < -0.4 is 4.74 Å². The highest BCUT2D eigenvalue weighted by Crippen LogP contribution is 2.32. The quantitative estimate of drug-likeness (QED) is 0.507. The molecule has 1 aliphatic rings. The van der Waals surface area contributed by atoms with E-state index in [2.05, 4.69) is 22.1 Å². The number of pyridine rings is 1. The molecule has 1 aromatic carbocycles. The maximum absolute atomic E-state index is 13.3. The molecular weight excluding hydrogens is 390 g/mol. The minimum absolute atomic E-state index is 0.0152. The van der Waals surface area contributed by atoms with Crippen molar-refractivity contribution in [2.45, 2.75) is 13.3 Å². The molecule has 1 aliphatic heterocycles. The normalized spacial score (nSPS) is 14.0. The molecule has 5 rings (SSSR count). The molecule has 0 spiro atoms. The van der Waals surface area contributed by atoms with E-state index in [1.54, 1.807) is 13.3 Å². The van der Waals surface area contributed by atoms with Crippen LogP contribution in [0.4, 0.5) is 0 Å². The molecule has 0 fully saturated rings. The number of methoxy groups -OCH3 is 1. The van der Waals surface area contributed by atoms with Crippen molar-refractivity contribution >= 4 is 22.5 Å². The summed E-state index contributed by atoms with van der Waals surface area (Å²) in [6.07, 6.45) is 6.72. The zero-order valence-electron chi connectivity index (χ0n) is 17.5. The number of H-pyrrole nitrogens is 1. The van der Waals surface area contributed by atoms with E-state index >= 15 is 0 Å². The minimum Gasteiger partial charge on any atom is -0.497 e. The van der Waals surface area contributed by atoms with Crippen molar-refractivity contribution in [2.24, 2.45) is 0 Å². The summed E-state index contributed by atoms with van der Waals surface area (Å²) in [6, 6.07) is 13.4. The summed E-state index contributed by atoms with van der Waals surface area (Å²) in [4.78, 5) is 22.8. The van der Waals surface area contributed by atoms with Crippen molar-refractivity contribution in [3.63, 3.8) is 0 Å². The second-order valence-electron chi connectivity index (χ2n) is 7.66. The first-order chi connectivity index (χ1) is 15.1. The first-order valence-corrected chi connectivity index (χ1v) is 10.3. The molecule has 1 amide bonds. The van der Waals surface area contributed by atoms with Crippen molar-refractivity contribution < 1.29 is 13.9 Å². The van der Waals surface area contributed by atoms with E-state index in [0.717, 1.165) is 34.3 Å². The Morgan fingerprint density at radius 3 is 2.81 bits per heavy atom. The molecule has 4 heterocycles. The number of fused-ring (bicyclic) bond motifs is 1. The number of aryl methyl sites for hydroxylation is 1. The van der Waals surface area contributed by atoms with Crippen LogP contribution in [0.3, 0.4) is 0 Å². The van der Waals surface area contributed by atoms with E-state index < -0.39 is 0 Å². The summed E-state index contributed by atoms with van der Waals surface area (Å²) in [6.45, 7) is 3.08. The average molecular weight is 413 g/mol. The standard InChI is InChI=1S/C25H23N3O3/c1-16-14-21(23(31-16)18-5-7-19(30-2)8-6-18)25(29)28-12-9-17(10-13-28)22-15-27-24-20(22)4-3-11-26-24/h3-9,11,14-15H,10,12-13H2,1-2H3,(H,26,27). The van der Waals surface area contributed by atoms with E-state index in [0.29, 0.717) is 30.2 Å². The highest BCUT2D eigenvalue weighted by Gasteiger charge is 2.25. The van der Waals surface area contributed by atoms with Crippen LogP contribution in [-0.2, 0) is 0 Å². The number of carbonyl (C=O) groups is 1. The number of aromatic nitrogens is 2. The Morgan fingerprint density at radius 1 is 1.23 bits per heavy atom. The molecule has 0 saturated carbocycles. The lowest BCUT2D eigenvalue weighted by Gasteiger charge is -2.26. The van der Waals surface area contributed by atoms with Crippen molar-refractivity contribution in [1.82, 2.24) is 14.9 Å². The number of carbonyl (C=O) groups excluding carboxylic acids is 1. The topological polar surface area (TPSA) is 71.4 Å². The molecule has 0 aliphatic carbocycles. The van der Waals surface area contributed by atoms with Crippen LogP contribution in [0.1, 0.15) is 28.1 Å². The Labute approximate surface area is 180 Å². The highest BCUT2D eigenvalue weighted by molar-refractivity contribution is 6.00. The third-order valence-electron chi connectivity index (χ3n) is 5.73. The molecule has 0 bridgehead atoms. The van der Waals surface area contributed by atoms with Gasteiger partial charge in [-0.25, -0.2) is 4.98 Å². The van der Waals surface area contributed by atoms with Gasteiger partial charge in [0.2, 0.25) is 0 Å². The second kappa shape index (κ2) is 7.80. The zero-order valence-corrected chi connectivity index (χ0v) is 17.5. The summed E-state index contributed by atoms with van der Waals surface area (Å²) < 4.78 is 11.1. The number of nitrogens with zero attached hydrogens (tertiary/aromatic N) is 2. The third-order valence-corrected chi connectivity index (χ3v) is 5.73. The van der Waals surface area contributed by atoms with Gasteiger partial charge in [-0.2, -0.15) is 0 Å². The molecule has 0 unspecified atom stereocenters. The zero-order chi connectivity index (χ0) is 21.4. The molecule has 1 N–H and O–H groups in total. The number of nitrogens with one attached hydrogen (secondary N) is 1. The summed E-state index contributed by atoms with van der Waals surface area (Å²) in [5.74, 6) is 2.07. The van der Waals surface area contributed by atoms with Gasteiger partial charge in [0, 0.05) is 42.0 Å². The number of aromatic amines is 1. The summed E-state index contributed by atoms with van der Waals surface area (Å²) in [5.41, 5.74) is 4.73. The Hall–Kier alpha value is -3.80. The summed E-state index contributed by atoms with van der Waals surface area (Å²) in [5, 5.41) is 1.11. The lowest BCUT2D eigenvalue weighted by Crippen LogP contribution is -2.34. The van der Waals surface area contributed by atoms with Gasteiger partial charge in [0.05, 0.1) is 12.7 Å². The molecule has 0 saturated heterocycles. The van der Waals surface area contributed by atoms with E-state index in [4.69, 9.17) is 9.15 Å². The van der Waals surface area contributed by atoms with Crippen molar-refractivity contribution in [3.05, 3.63) is 77.8 Å². The lowest BCUT2D eigenvalue weighted by atomic mass is 9.99. The molecule has 156 valence electrons. The van der Waals surface area contributed by atoms with Crippen molar-refractivity contribution in [3.8, 4) is 17.1 Å². The molecule has 4 aromatic rings. The van der Waals surface area contributed by atoms with Crippen molar-refractivity contribution in [1.29, 1.82) is 0 Å². The van der Waals surface area contributed by atoms with Gasteiger partial charge in [-0.1, -0.05) is 6.08 Å². The number of hydrogen-bond donors (Lipinski definition) is 1. The van der Waals surface area contributed by atoms with E-state index in [1.165, 1.54) is 5.57 Å². The third kappa shape index (κ3) is 3.50. The Kier molecular flexibility index (Phi) is 4.82. The Bertz CT molecular complexity index is 1280. The fourth-order valence-electron chi connectivity index (χ4n) is 4.12. The lowest BCUT2D eigenvalue weighted by molar-refractivity contribution is 0.0773. The maximum Gasteiger partial charge on any atom is 0.258 e. The monoisotopic (exact) mass is 413 g/mol. The van der Waals surface area contributed by atoms with E-state index in [-0.39, 0.29) is 5.91 Å². The first kappa shape index (κ1) is 19.2. The highest BCUT2D eigenvalue weighted by atomic mass is 16.5. The van der Waals surface area contributed by atoms with Crippen LogP contribution in [0.15, 0.2) is 65.4 Å². The van der Waals surface area contributed by atoms with Crippen molar-refractivity contribution in [2.75, 3.05) is 20.2 Å². The van der Waals surface area contributed by atoms with Gasteiger partial charge in [0.15, 0.2) is 0 Å². The average Bonchev–Trinajstić information content (AvgIpc) is 3.42. The number of hydrogen-bond acceptors (Lipinski definition) is 4. The van der Waals surface area contributed by atoms with E-state index in [1.807, 2.05) is 54.4 Å². The largest absolute Gasteiger partial charge is 0.497 e. The molecule has 6 nitrogen and oxygen atoms in total.